The highest BCUT2D eigenvalue weighted by molar-refractivity contribution is 4.74. The molecule has 0 aliphatic carbocycles. The molecule has 0 aliphatic heterocycles. The van der Waals surface area contributed by atoms with E-state index in [2.05, 4.69) is 55.4 Å². The van der Waals surface area contributed by atoms with Gasteiger partial charge in [0.05, 0.1) is 12.2 Å². The van der Waals surface area contributed by atoms with Gasteiger partial charge in [-0.3, -0.25) is 0 Å². The molecule has 14 heavy (non-hydrogen) atoms. The number of ether oxygens (including phenoxy) is 1. The zero-order chi connectivity index (χ0) is 11.5. The second-order valence-corrected chi connectivity index (χ2v) is 6.10. The van der Waals surface area contributed by atoms with Crippen LogP contribution in [0.3, 0.4) is 0 Å². The molecular weight excluding hydrogens is 172 g/mol. The molecule has 0 N–H and O–H groups in total. The van der Waals surface area contributed by atoms with Gasteiger partial charge in [0.1, 0.15) is 0 Å². The minimum absolute atomic E-state index is 0.238. The molecule has 0 rings (SSSR count). The van der Waals surface area contributed by atoms with Crippen molar-refractivity contribution in [3.8, 4) is 0 Å². The minimum atomic E-state index is 0.238. The van der Waals surface area contributed by atoms with Crippen LogP contribution in [0.5, 0.6) is 0 Å². The molecule has 0 saturated carbocycles. The van der Waals surface area contributed by atoms with E-state index >= 15 is 0 Å². The van der Waals surface area contributed by atoms with E-state index in [-0.39, 0.29) is 5.41 Å². The molecule has 0 spiro atoms. The maximum absolute atomic E-state index is 6.14. The third-order valence-corrected chi connectivity index (χ3v) is 2.89. The van der Waals surface area contributed by atoms with Crippen LogP contribution in [0.1, 0.15) is 55.4 Å². The first-order valence-electron chi connectivity index (χ1n) is 5.81. The van der Waals surface area contributed by atoms with Gasteiger partial charge >= 0.3 is 0 Å². The lowest BCUT2D eigenvalue weighted by Crippen LogP contribution is -2.35. The normalized spacial score (nSPS) is 15.6. The summed E-state index contributed by atoms with van der Waals surface area (Å²) in [6.45, 7) is 17.8. The van der Waals surface area contributed by atoms with Crippen LogP contribution in [0.2, 0.25) is 0 Å². The Bertz CT molecular complexity index is 145. The second-order valence-electron chi connectivity index (χ2n) is 6.10. The van der Waals surface area contributed by atoms with Gasteiger partial charge in [0.15, 0.2) is 0 Å². The molecule has 0 heterocycles. The maximum atomic E-state index is 6.14. The molecule has 0 aromatic carbocycles. The number of hydrogen-bond acceptors (Lipinski definition) is 1. The summed E-state index contributed by atoms with van der Waals surface area (Å²) in [5, 5.41) is 0. The highest BCUT2D eigenvalue weighted by Crippen LogP contribution is 2.27. The average Bonchev–Trinajstić information content (AvgIpc) is 1.96. The Balaban J connectivity index is 4.31. The smallest absolute Gasteiger partial charge is 0.0624 e. The Hall–Kier alpha value is -0.0400. The highest BCUT2D eigenvalue weighted by atomic mass is 16.5. The largest absolute Gasteiger partial charge is 0.374 e. The molecule has 0 amide bonds. The van der Waals surface area contributed by atoms with Crippen LogP contribution in [0, 0.1) is 17.3 Å². The van der Waals surface area contributed by atoms with Gasteiger partial charge in [-0.1, -0.05) is 48.5 Å². The van der Waals surface area contributed by atoms with Crippen molar-refractivity contribution in [3.05, 3.63) is 0 Å². The summed E-state index contributed by atoms with van der Waals surface area (Å²) in [7, 11) is 0. The standard InChI is InChI=1S/C13H28O/c1-9(2)12(10(3)4)14-11(5)13(6,7)8/h9-12H,1-8H3. The first-order chi connectivity index (χ1) is 6.16. The Morgan fingerprint density at radius 2 is 1.14 bits per heavy atom. The topological polar surface area (TPSA) is 9.23 Å². The van der Waals surface area contributed by atoms with Crippen molar-refractivity contribution >= 4 is 0 Å². The van der Waals surface area contributed by atoms with Gasteiger partial charge in [-0.05, 0) is 24.2 Å². The molecule has 0 bridgehead atoms. The third kappa shape index (κ3) is 4.45. The van der Waals surface area contributed by atoms with Crippen molar-refractivity contribution < 1.29 is 4.74 Å². The monoisotopic (exact) mass is 200 g/mol. The molecule has 0 aromatic rings. The summed E-state index contributed by atoms with van der Waals surface area (Å²) < 4.78 is 6.14. The Labute approximate surface area is 90.2 Å². The zero-order valence-electron chi connectivity index (χ0n) is 11.2. The zero-order valence-corrected chi connectivity index (χ0v) is 11.2. The van der Waals surface area contributed by atoms with E-state index in [1.165, 1.54) is 0 Å². The van der Waals surface area contributed by atoms with Crippen molar-refractivity contribution in [2.45, 2.75) is 67.6 Å². The molecule has 0 aromatic heterocycles. The number of rotatable bonds is 4. The molecule has 1 nitrogen and oxygen atoms in total. The van der Waals surface area contributed by atoms with Crippen LogP contribution >= 0.6 is 0 Å². The third-order valence-electron chi connectivity index (χ3n) is 2.89. The highest BCUT2D eigenvalue weighted by Gasteiger charge is 2.27. The molecule has 0 saturated heterocycles. The van der Waals surface area contributed by atoms with E-state index in [1.54, 1.807) is 0 Å². The molecule has 1 unspecified atom stereocenters. The molecule has 86 valence electrons. The lowest BCUT2D eigenvalue weighted by atomic mass is 9.89. The predicted octanol–water partition coefficient (Wildman–Crippen LogP) is 4.12. The van der Waals surface area contributed by atoms with E-state index in [0.29, 0.717) is 24.0 Å². The van der Waals surface area contributed by atoms with Crippen molar-refractivity contribution in [1.29, 1.82) is 0 Å². The van der Waals surface area contributed by atoms with Gasteiger partial charge in [0.25, 0.3) is 0 Å². The average molecular weight is 200 g/mol. The van der Waals surface area contributed by atoms with E-state index in [9.17, 15) is 0 Å². The molecule has 1 atom stereocenters. The Morgan fingerprint density at radius 1 is 0.786 bits per heavy atom. The predicted molar refractivity (Wildman–Crippen MR) is 63.5 cm³/mol. The molecular formula is C13H28O. The van der Waals surface area contributed by atoms with Gasteiger partial charge in [-0.25, -0.2) is 0 Å². The van der Waals surface area contributed by atoms with E-state index in [0.717, 1.165) is 0 Å². The fraction of sp³-hybridized carbons (Fsp3) is 1.00. The number of hydrogen-bond donors (Lipinski definition) is 0. The quantitative estimate of drug-likeness (QED) is 0.663. The minimum Gasteiger partial charge on any atom is -0.374 e. The Kier molecular flexibility index (Phi) is 5.14. The van der Waals surface area contributed by atoms with Crippen LogP contribution in [0.15, 0.2) is 0 Å². The lowest BCUT2D eigenvalue weighted by Gasteiger charge is -2.35. The summed E-state index contributed by atoms with van der Waals surface area (Å²) in [5.74, 6) is 1.19. The maximum Gasteiger partial charge on any atom is 0.0624 e. The summed E-state index contributed by atoms with van der Waals surface area (Å²) in [6, 6.07) is 0. The second kappa shape index (κ2) is 5.16. The summed E-state index contributed by atoms with van der Waals surface area (Å²) in [5.41, 5.74) is 0.238. The van der Waals surface area contributed by atoms with Gasteiger partial charge in [0.2, 0.25) is 0 Å². The first-order valence-corrected chi connectivity index (χ1v) is 5.81. The lowest BCUT2D eigenvalue weighted by molar-refractivity contribution is -0.0922. The fourth-order valence-corrected chi connectivity index (χ4v) is 1.52. The first kappa shape index (κ1) is 14.0. The molecule has 0 radical (unpaired) electrons. The Morgan fingerprint density at radius 3 is 1.36 bits per heavy atom. The molecule has 1 heteroatoms. The summed E-state index contributed by atoms with van der Waals surface area (Å²) in [6.07, 6.45) is 0.696. The van der Waals surface area contributed by atoms with Crippen LogP contribution in [0.25, 0.3) is 0 Å². The van der Waals surface area contributed by atoms with Crippen LogP contribution in [-0.4, -0.2) is 12.2 Å². The van der Waals surface area contributed by atoms with Gasteiger partial charge in [-0.2, -0.15) is 0 Å². The SMILES string of the molecule is CC(C)C(OC(C)C(C)(C)C)C(C)C. The fourth-order valence-electron chi connectivity index (χ4n) is 1.52. The van der Waals surface area contributed by atoms with Crippen molar-refractivity contribution in [3.63, 3.8) is 0 Å². The van der Waals surface area contributed by atoms with Crippen molar-refractivity contribution in [2.75, 3.05) is 0 Å². The van der Waals surface area contributed by atoms with Crippen molar-refractivity contribution in [1.82, 2.24) is 0 Å². The molecule has 0 aliphatic rings. The van der Waals surface area contributed by atoms with Crippen molar-refractivity contribution in [2.24, 2.45) is 17.3 Å². The summed E-state index contributed by atoms with van der Waals surface area (Å²) in [4.78, 5) is 0. The van der Waals surface area contributed by atoms with E-state index in [4.69, 9.17) is 4.74 Å². The van der Waals surface area contributed by atoms with Crippen LogP contribution < -0.4 is 0 Å². The summed E-state index contributed by atoms with van der Waals surface area (Å²) >= 11 is 0. The van der Waals surface area contributed by atoms with Crippen LogP contribution in [-0.2, 0) is 4.74 Å². The molecule has 0 fully saturated rings. The van der Waals surface area contributed by atoms with E-state index < -0.39 is 0 Å². The van der Waals surface area contributed by atoms with Gasteiger partial charge in [-0.15, -0.1) is 0 Å². The van der Waals surface area contributed by atoms with Crippen LogP contribution in [0.4, 0.5) is 0 Å². The van der Waals surface area contributed by atoms with Gasteiger partial charge < -0.3 is 4.74 Å². The van der Waals surface area contributed by atoms with E-state index in [1.807, 2.05) is 0 Å². The van der Waals surface area contributed by atoms with Gasteiger partial charge in [0, 0.05) is 0 Å².